The summed E-state index contributed by atoms with van der Waals surface area (Å²) in [6.07, 6.45) is 3.47. The first-order valence-corrected chi connectivity index (χ1v) is 10.4. The summed E-state index contributed by atoms with van der Waals surface area (Å²) < 4.78 is 15.9. The number of nitrogens with one attached hydrogen (secondary N) is 1. The summed E-state index contributed by atoms with van der Waals surface area (Å²) in [5, 5.41) is 3.30. The van der Waals surface area contributed by atoms with Crippen LogP contribution in [0.4, 0.5) is 5.13 Å². The smallest absolute Gasteiger partial charge is 0.260 e. The number of aromatic nitrogens is 1. The number of furan rings is 1. The van der Waals surface area contributed by atoms with Crippen molar-refractivity contribution in [2.24, 2.45) is 0 Å². The Morgan fingerprint density at radius 1 is 1.20 bits per heavy atom. The molecule has 1 N–H and O–H groups in total. The summed E-state index contributed by atoms with van der Waals surface area (Å²) in [6, 6.07) is 8.78. The van der Waals surface area contributed by atoms with E-state index in [1.54, 1.807) is 23.1 Å². The number of ether oxygens (including phenoxy) is 2. The zero-order valence-corrected chi connectivity index (χ0v) is 17.2. The lowest BCUT2D eigenvalue weighted by molar-refractivity contribution is -0.134. The molecule has 0 saturated carbocycles. The lowest BCUT2D eigenvalue weighted by Crippen LogP contribution is -2.38. The van der Waals surface area contributed by atoms with E-state index in [4.69, 9.17) is 13.9 Å². The maximum Gasteiger partial charge on any atom is 0.260 e. The number of rotatable bonds is 7. The van der Waals surface area contributed by atoms with Crippen LogP contribution in [0.5, 0.6) is 11.5 Å². The van der Waals surface area contributed by atoms with Gasteiger partial charge in [-0.3, -0.25) is 14.9 Å². The molecular formula is C21H21N3O5S. The molecule has 0 radical (unpaired) electrons. The fourth-order valence-corrected chi connectivity index (χ4v) is 4.08. The molecule has 3 heterocycles. The van der Waals surface area contributed by atoms with E-state index in [1.807, 2.05) is 19.1 Å². The molecule has 30 heavy (non-hydrogen) atoms. The highest BCUT2D eigenvalue weighted by Crippen LogP contribution is 2.29. The van der Waals surface area contributed by atoms with Crippen LogP contribution in [0.1, 0.15) is 27.9 Å². The Labute approximate surface area is 177 Å². The summed E-state index contributed by atoms with van der Waals surface area (Å²) in [5.74, 6) is 1.02. The van der Waals surface area contributed by atoms with Gasteiger partial charge < -0.3 is 18.8 Å². The maximum atomic E-state index is 12.6. The zero-order chi connectivity index (χ0) is 20.9. The van der Waals surface area contributed by atoms with Crippen molar-refractivity contribution in [1.29, 1.82) is 0 Å². The number of fused-ring (bicyclic) bond motifs is 1. The molecule has 3 aromatic rings. The molecule has 0 bridgehead atoms. The molecule has 156 valence electrons. The predicted molar refractivity (Wildman–Crippen MR) is 111 cm³/mol. The van der Waals surface area contributed by atoms with Crippen molar-refractivity contribution < 1.29 is 23.5 Å². The Balaban J connectivity index is 1.31. The van der Waals surface area contributed by atoms with Gasteiger partial charge in [0.2, 0.25) is 0 Å². The molecule has 9 heteroatoms. The SMILES string of the molecule is CCOc1ccc(OCC(=O)N2CCc3nc(NC(=O)c4ccoc4)sc3C2)cc1. The minimum absolute atomic E-state index is 0.0355. The van der Waals surface area contributed by atoms with Crippen LogP contribution in [-0.2, 0) is 17.8 Å². The topological polar surface area (TPSA) is 93.9 Å². The van der Waals surface area contributed by atoms with Gasteiger partial charge >= 0.3 is 0 Å². The van der Waals surface area contributed by atoms with Gasteiger partial charge in [-0.15, -0.1) is 0 Å². The van der Waals surface area contributed by atoms with E-state index in [9.17, 15) is 9.59 Å². The number of hydrogen-bond acceptors (Lipinski definition) is 7. The highest BCUT2D eigenvalue weighted by atomic mass is 32.1. The van der Waals surface area contributed by atoms with Gasteiger partial charge in [0.15, 0.2) is 11.7 Å². The molecular weight excluding hydrogens is 406 g/mol. The van der Waals surface area contributed by atoms with Crippen molar-refractivity contribution >= 4 is 28.3 Å². The van der Waals surface area contributed by atoms with Gasteiger partial charge in [0, 0.05) is 17.8 Å². The molecule has 2 amide bonds. The number of carbonyl (C=O) groups excluding carboxylic acids is 2. The van der Waals surface area contributed by atoms with Crippen LogP contribution in [0.15, 0.2) is 47.3 Å². The van der Waals surface area contributed by atoms with Gasteiger partial charge in [-0.25, -0.2) is 4.98 Å². The molecule has 1 aliphatic rings. The van der Waals surface area contributed by atoms with Gasteiger partial charge in [-0.05, 0) is 37.3 Å². The lowest BCUT2D eigenvalue weighted by atomic mass is 10.2. The Hall–Kier alpha value is -3.33. The molecule has 8 nitrogen and oxygen atoms in total. The zero-order valence-electron chi connectivity index (χ0n) is 16.4. The lowest BCUT2D eigenvalue weighted by Gasteiger charge is -2.26. The normalized spacial score (nSPS) is 12.9. The van der Waals surface area contributed by atoms with Crippen LogP contribution in [-0.4, -0.2) is 41.5 Å². The number of carbonyl (C=O) groups is 2. The van der Waals surface area contributed by atoms with Gasteiger partial charge in [0.25, 0.3) is 11.8 Å². The molecule has 1 aromatic carbocycles. The van der Waals surface area contributed by atoms with E-state index in [0.29, 0.717) is 42.6 Å². The van der Waals surface area contributed by atoms with Crippen LogP contribution in [0.25, 0.3) is 0 Å². The quantitative estimate of drug-likeness (QED) is 0.622. The van der Waals surface area contributed by atoms with Crippen molar-refractivity contribution in [3.05, 3.63) is 59.0 Å². The van der Waals surface area contributed by atoms with Crippen LogP contribution in [0, 0.1) is 0 Å². The van der Waals surface area contributed by atoms with Gasteiger partial charge in [-0.1, -0.05) is 11.3 Å². The minimum Gasteiger partial charge on any atom is -0.494 e. The number of hydrogen-bond donors (Lipinski definition) is 1. The third-order valence-corrected chi connectivity index (χ3v) is 5.58. The number of nitrogens with zero attached hydrogens (tertiary/aromatic N) is 2. The van der Waals surface area contributed by atoms with Gasteiger partial charge in [0.05, 0.1) is 30.7 Å². The molecule has 2 aromatic heterocycles. The van der Waals surface area contributed by atoms with Crippen LogP contribution >= 0.6 is 11.3 Å². The van der Waals surface area contributed by atoms with E-state index < -0.39 is 0 Å². The van der Waals surface area contributed by atoms with E-state index in [0.717, 1.165) is 16.3 Å². The monoisotopic (exact) mass is 427 g/mol. The van der Waals surface area contributed by atoms with Crippen molar-refractivity contribution in [2.75, 3.05) is 25.1 Å². The Morgan fingerprint density at radius 2 is 1.97 bits per heavy atom. The standard InChI is InChI=1S/C21H21N3O5S/c1-2-28-15-3-5-16(6-4-15)29-13-19(25)24-9-7-17-18(11-24)30-21(22-17)23-20(26)14-8-10-27-12-14/h3-6,8,10,12H,2,7,9,11,13H2,1H3,(H,22,23,26). The molecule has 0 saturated heterocycles. The minimum atomic E-state index is -0.272. The second kappa shape index (κ2) is 9.00. The third-order valence-electron chi connectivity index (χ3n) is 4.58. The maximum absolute atomic E-state index is 12.6. The third kappa shape index (κ3) is 4.62. The van der Waals surface area contributed by atoms with Gasteiger partial charge in [-0.2, -0.15) is 0 Å². The summed E-state index contributed by atoms with van der Waals surface area (Å²) >= 11 is 1.38. The van der Waals surface area contributed by atoms with Crippen molar-refractivity contribution in [3.8, 4) is 11.5 Å². The molecule has 0 atom stereocenters. The second-order valence-corrected chi connectivity index (χ2v) is 7.70. The van der Waals surface area contributed by atoms with E-state index >= 15 is 0 Å². The Bertz CT molecular complexity index is 1010. The Morgan fingerprint density at radius 3 is 2.67 bits per heavy atom. The summed E-state index contributed by atoms with van der Waals surface area (Å²) in [5.41, 5.74) is 1.35. The van der Waals surface area contributed by atoms with E-state index in [-0.39, 0.29) is 18.4 Å². The molecule has 0 unspecified atom stereocenters. The van der Waals surface area contributed by atoms with Crippen LogP contribution < -0.4 is 14.8 Å². The number of benzene rings is 1. The van der Waals surface area contributed by atoms with E-state index in [2.05, 4.69) is 10.3 Å². The first-order chi connectivity index (χ1) is 14.6. The summed E-state index contributed by atoms with van der Waals surface area (Å²) in [4.78, 5) is 31.9. The highest BCUT2D eigenvalue weighted by Gasteiger charge is 2.25. The number of anilines is 1. The predicted octanol–water partition coefficient (Wildman–Crippen LogP) is 3.35. The molecule has 0 fully saturated rings. The molecule has 0 spiro atoms. The fourth-order valence-electron chi connectivity index (χ4n) is 3.06. The van der Waals surface area contributed by atoms with Crippen molar-refractivity contribution in [1.82, 2.24) is 9.88 Å². The number of thiazole rings is 1. The second-order valence-electron chi connectivity index (χ2n) is 6.61. The first-order valence-electron chi connectivity index (χ1n) is 9.58. The van der Waals surface area contributed by atoms with Gasteiger partial charge in [0.1, 0.15) is 17.8 Å². The van der Waals surface area contributed by atoms with Crippen molar-refractivity contribution in [2.45, 2.75) is 19.9 Å². The average molecular weight is 427 g/mol. The molecule has 4 rings (SSSR count). The van der Waals surface area contributed by atoms with Crippen molar-refractivity contribution in [3.63, 3.8) is 0 Å². The highest BCUT2D eigenvalue weighted by molar-refractivity contribution is 7.15. The average Bonchev–Trinajstić information content (AvgIpc) is 3.42. The fraction of sp³-hybridized carbons (Fsp3) is 0.286. The van der Waals surface area contributed by atoms with Crippen LogP contribution in [0.2, 0.25) is 0 Å². The largest absolute Gasteiger partial charge is 0.494 e. The molecule has 1 aliphatic heterocycles. The van der Waals surface area contributed by atoms with E-state index in [1.165, 1.54) is 23.9 Å². The summed E-state index contributed by atoms with van der Waals surface area (Å²) in [6.45, 7) is 3.51. The van der Waals surface area contributed by atoms with Crippen LogP contribution in [0.3, 0.4) is 0 Å². The first kappa shape index (κ1) is 20.0. The molecule has 0 aliphatic carbocycles. The number of amides is 2. The Kier molecular flexibility index (Phi) is 5.99. The summed E-state index contributed by atoms with van der Waals surface area (Å²) in [7, 11) is 0.